The number of urea groups is 1. The predicted octanol–water partition coefficient (Wildman–Crippen LogP) is 3.67. The van der Waals surface area contributed by atoms with Crippen LogP contribution >= 0.6 is 0 Å². The minimum atomic E-state index is -0.917. The Balaban J connectivity index is 2.21. The highest BCUT2D eigenvalue weighted by atomic mass is 16.5. The first kappa shape index (κ1) is 17.6. The number of hydroxylamine groups is 2. The van der Waals surface area contributed by atoms with Gasteiger partial charge in [-0.05, 0) is 37.1 Å². The molecule has 2 unspecified atom stereocenters. The molecule has 3 N–H and O–H groups in total. The van der Waals surface area contributed by atoms with Crippen molar-refractivity contribution in [1.82, 2.24) is 5.06 Å². The highest BCUT2D eigenvalue weighted by Crippen LogP contribution is 2.34. The van der Waals surface area contributed by atoms with Crippen molar-refractivity contribution in [2.75, 3.05) is 7.11 Å². The van der Waals surface area contributed by atoms with Gasteiger partial charge in [0, 0.05) is 0 Å². The monoisotopic (exact) mass is 330 g/mol. The molecule has 2 aromatic rings. The van der Waals surface area contributed by atoms with Crippen LogP contribution in [0.2, 0.25) is 0 Å². The molecule has 0 radical (unpaired) electrons. The molecule has 24 heavy (non-hydrogen) atoms. The second-order valence-corrected chi connectivity index (χ2v) is 5.44. The number of methoxy groups -OCH3 is 1. The summed E-state index contributed by atoms with van der Waals surface area (Å²) in [7, 11) is 1.54. The van der Waals surface area contributed by atoms with E-state index in [1.165, 1.54) is 7.11 Å². The van der Waals surface area contributed by atoms with Crippen molar-refractivity contribution in [3.05, 3.63) is 59.7 Å². The maximum atomic E-state index is 11.1. The van der Waals surface area contributed by atoms with Gasteiger partial charge in [0.1, 0.15) is 6.10 Å². The summed E-state index contributed by atoms with van der Waals surface area (Å²) in [5, 5.41) is 10.1. The van der Waals surface area contributed by atoms with Gasteiger partial charge in [0.2, 0.25) is 0 Å². The lowest BCUT2D eigenvalue weighted by atomic mass is 10.1. The van der Waals surface area contributed by atoms with Gasteiger partial charge in [0.05, 0.1) is 13.2 Å². The Labute approximate surface area is 141 Å². The zero-order valence-corrected chi connectivity index (χ0v) is 14.0. The van der Waals surface area contributed by atoms with Crippen molar-refractivity contribution in [2.24, 2.45) is 5.73 Å². The highest BCUT2D eigenvalue weighted by Gasteiger charge is 2.19. The van der Waals surface area contributed by atoms with Gasteiger partial charge >= 0.3 is 6.03 Å². The van der Waals surface area contributed by atoms with Gasteiger partial charge in [0.25, 0.3) is 0 Å². The van der Waals surface area contributed by atoms with Gasteiger partial charge in [0.15, 0.2) is 11.5 Å². The first-order valence-electron chi connectivity index (χ1n) is 7.61. The second-order valence-electron chi connectivity index (χ2n) is 5.44. The lowest BCUT2D eigenvalue weighted by molar-refractivity contribution is -0.0710. The number of carbonyl (C=O) groups is 1. The van der Waals surface area contributed by atoms with E-state index in [1.54, 1.807) is 25.1 Å². The van der Waals surface area contributed by atoms with E-state index in [0.717, 1.165) is 5.56 Å². The Hall–Kier alpha value is -2.73. The molecule has 0 bridgehead atoms. The molecule has 6 heteroatoms. The van der Waals surface area contributed by atoms with Gasteiger partial charge in [-0.2, -0.15) is 5.06 Å². The number of hydrogen-bond acceptors (Lipinski definition) is 4. The molecule has 0 heterocycles. The van der Waals surface area contributed by atoms with Crippen molar-refractivity contribution >= 4 is 6.03 Å². The van der Waals surface area contributed by atoms with Crippen molar-refractivity contribution in [1.29, 1.82) is 0 Å². The lowest BCUT2D eigenvalue weighted by Gasteiger charge is -2.22. The van der Waals surface area contributed by atoms with Crippen LogP contribution < -0.4 is 15.2 Å². The zero-order chi connectivity index (χ0) is 17.7. The Morgan fingerprint density at radius 2 is 1.75 bits per heavy atom. The summed E-state index contributed by atoms with van der Waals surface area (Å²) in [6.07, 6.45) is -0.150. The highest BCUT2D eigenvalue weighted by molar-refractivity contribution is 5.71. The number of nitrogens with zero attached hydrogens (tertiary/aromatic N) is 1. The quantitative estimate of drug-likeness (QED) is 0.625. The minimum absolute atomic E-state index is 0.150. The summed E-state index contributed by atoms with van der Waals surface area (Å²) in [5.41, 5.74) is 6.81. The molecular formula is C18H22N2O4. The lowest BCUT2D eigenvalue weighted by Crippen LogP contribution is -2.34. The molecule has 6 nitrogen and oxygen atoms in total. The van der Waals surface area contributed by atoms with Crippen LogP contribution in [0.15, 0.2) is 48.5 Å². The molecule has 2 amide bonds. The molecular weight excluding hydrogens is 308 g/mol. The smallest absolute Gasteiger partial charge is 0.339 e. The van der Waals surface area contributed by atoms with Crippen molar-refractivity contribution in [2.45, 2.75) is 26.0 Å². The van der Waals surface area contributed by atoms with Gasteiger partial charge in [-0.3, -0.25) is 5.21 Å². The third kappa shape index (κ3) is 3.97. The van der Waals surface area contributed by atoms with Crippen LogP contribution in [-0.4, -0.2) is 23.4 Å². The molecule has 0 aliphatic carbocycles. The number of amides is 2. The molecule has 128 valence electrons. The number of carbonyl (C=O) groups excluding carboxylic acids is 1. The normalized spacial score (nSPS) is 13.0. The van der Waals surface area contributed by atoms with Crippen molar-refractivity contribution in [3.8, 4) is 11.5 Å². The maximum absolute atomic E-state index is 11.1. The van der Waals surface area contributed by atoms with Crippen LogP contribution in [0.4, 0.5) is 4.79 Å². The fraction of sp³-hybridized carbons (Fsp3) is 0.278. The van der Waals surface area contributed by atoms with Gasteiger partial charge in [-0.15, -0.1) is 0 Å². The number of nitrogens with two attached hydrogens (primary N) is 1. The molecule has 0 aliphatic heterocycles. The molecule has 0 fully saturated rings. The maximum Gasteiger partial charge on any atom is 0.339 e. The number of rotatable bonds is 6. The average Bonchev–Trinajstić information content (AvgIpc) is 2.61. The van der Waals surface area contributed by atoms with Crippen LogP contribution in [0.1, 0.15) is 37.1 Å². The van der Waals surface area contributed by atoms with Gasteiger partial charge in [-0.25, -0.2) is 4.79 Å². The van der Waals surface area contributed by atoms with E-state index in [0.29, 0.717) is 22.1 Å². The predicted molar refractivity (Wildman–Crippen MR) is 90.1 cm³/mol. The van der Waals surface area contributed by atoms with Gasteiger partial charge in [-0.1, -0.05) is 36.4 Å². The summed E-state index contributed by atoms with van der Waals surface area (Å²) in [5.74, 6) is 1.09. The molecule has 0 saturated carbocycles. The van der Waals surface area contributed by atoms with Crippen LogP contribution in [0, 0.1) is 0 Å². The summed E-state index contributed by atoms with van der Waals surface area (Å²) in [6.45, 7) is 3.61. The Morgan fingerprint density at radius 1 is 1.08 bits per heavy atom. The molecule has 2 aromatic carbocycles. The number of primary amides is 1. The third-order valence-electron chi connectivity index (χ3n) is 3.84. The van der Waals surface area contributed by atoms with Crippen molar-refractivity contribution < 1.29 is 19.5 Å². The summed E-state index contributed by atoms with van der Waals surface area (Å²) >= 11 is 0. The summed E-state index contributed by atoms with van der Waals surface area (Å²) in [4.78, 5) is 11.1. The second kappa shape index (κ2) is 7.70. The molecule has 2 rings (SSSR count). The van der Waals surface area contributed by atoms with E-state index in [2.05, 4.69) is 0 Å². The number of benzene rings is 2. The van der Waals surface area contributed by atoms with E-state index in [9.17, 15) is 10.0 Å². The Morgan fingerprint density at radius 3 is 2.33 bits per heavy atom. The first-order valence-corrected chi connectivity index (χ1v) is 7.61. The summed E-state index contributed by atoms with van der Waals surface area (Å²) < 4.78 is 11.3. The Kier molecular flexibility index (Phi) is 5.65. The van der Waals surface area contributed by atoms with E-state index in [-0.39, 0.29) is 6.10 Å². The first-order chi connectivity index (χ1) is 11.4. The fourth-order valence-electron chi connectivity index (χ4n) is 2.36. The topological polar surface area (TPSA) is 85.0 Å². The molecule has 0 aromatic heterocycles. The van der Waals surface area contributed by atoms with E-state index >= 15 is 0 Å². The average molecular weight is 330 g/mol. The van der Waals surface area contributed by atoms with Crippen LogP contribution in [-0.2, 0) is 0 Å². The zero-order valence-electron chi connectivity index (χ0n) is 14.0. The fourth-order valence-corrected chi connectivity index (χ4v) is 2.36. The number of hydrogen-bond donors (Lipinski definition) is 2. The van der Waals surface area contributed by atoms with E-state index in [1.807, 2.05) is 37.3 Å². The van der Waals surface area contributed by atoms with E-state index in [4.69, 9.17) is 15.2 Å². The molecule has 0 saturated heterocycles. The molecule has 0 spiro atoms. The largest absolute Gasteiger partial charge is 0.493 e. The standard InChI is InChI=1S/C18H22N2O4/c1-12(20(22)18(19)21)15-9-10-16(17(11-15)23-3)24-13(2)14-7-5-4-6-8-14/h4-13,22H,1-3H3,(H2,19,21). The van der Waals surface area contributed by atoms with Crippen molar-refractivity contribution in [3.63, 3.8) is 0 Å². The van der Waals surface area contributed by atoms with Crippen LogP contribution in [0.5, 0.6) is 11.5 Å². The SMILES string of the molecule is COc1cc(C(C)N(O)C(N)=O)ccc1OC(C)c1ccccc1. The third-order valence-corrected chi connectivity index (χ3v) is 3.84. The van der Waals surface area contributed by atoms with Gasteiger partial charge < -0.3 is 15.2 Å². The molecule has 2 atom stereocenters. The summed E-state index contributed by atoms with van der Waals surface area (Å²) in [6, 6.07) is 13.5. The van der Waals surface area contributed by atoms with Crippen LogP contribution in [0.25, 0.3) is 0 Å². The minimum Gasteiger partial charge on any atom is -0.493 e. The number of ether oxygens (including phenoxy) is 2. The van der Waals surface area contributed by atoms with Crippen LogP contribution in [0.3, 0.4) is 0 Å². The Bertz CT molecular complexity index is 691. The molecule has 0 aliphatic rings. The van der Waals surface area contributed by atoms with E-state index < -0.39 is 12.1 Å².